The summed E-state index contributed by atoms with van der Waals surface area (Å²) in [7, 11) is -3.12. The maximum atomic E-state index is 12.3. The molecule has 3 heteroatoms. The maximum absolute atomic E-state index is 12.3. The van der Waals surface area contributed by atoms with Gasteiger partial charge in [0.1, 0.15) is 0 Å². The van der Waals surface area contributed by atoms with Gasteiger partial charge >= 0.3 is 0 Å². The lowest BCUT2D eigenvalue weighted by atomic mass is 9.82. The van der Waals surface area contributed by atoms with E-state index in [1.54, 1.807) is 12.1 Å². The smallest absolute Gasteiger partial charge is 0.179 e. The van der Waals surface area contributed by atoms with Crippen LogP contribution in [0.25, 0.3) is 0 Å². The van der Waals surface area contributed by atoms with Crippen molar-refractivity contribution < 1.29 is 8.42 Å². The predicted octanol–water partition coefficient (Wildman–Crippen LogP) is 2.99. The van der Waals surface area contributed by atoms with Crippen LogP contribution in [0.15, 0.2) is 29.2 Å². The molecule has 0 radical (unpaired) electrons. The molecule has 0 amide bonds. The molecule has 0 spiro atoms. The molecule has 1 aliphatic heterocycles. The van der Waals surface area contributed by atoms with Gasteiger partial charge in [0.25, 0.3) is 0 Å². The van der Waals surface area contributed by atoms with Gasteiger partial charge in [0.05, 0.1) is 10.6 Å². The fraction of sp³-hybridized carbons (Fsp3) is 0.538. The van der Waals surface area contributed by atoms with Gasteiger partial charge in [-0.2, -0.15) is 0 Å². The van der Waals surface area contributed by atoms with E-state index in [1.165, 1.54) is 0 Å². The van der Waals surface area contributed by atoms with Crippen molar-refractivity contribution in [2.75, 3.05) is 5.75 Å². The number of rotatable bonds is 0. The van der Waals surface area contributed by atoms with E-state index in [0.717, 1.165) is 12.0 Å². The Morgan fingerprint density at radius 2 is 1.88 bits per heavy atom. The zero-order chi connectivity index (χ0) is 12.0. The lowest BCUT2D eigenvalue weighted by molar-refractivity contribution is 0.355. The van der Waals surface area contributed by atoms with Crippen LogP contribution in [-0.4, -0.2) is 14.2 Å². The number of sulfone groups is 1. The Kier molecular flexibility index (Phi) is 2.61. The largest absolute Gasteiger partial charge is 0.224 e. The third kappa shape index (κ3) is 2.01. The first kappa shape index (κ1) is 11.6. The maximum Gasteiger partial charge on any atom is 0.179 e. The summed E-state index contributed by atoms with van der Waals surface area (Å²) >= 11 is 0. The topological polar surface area (TPSA) is 34.1 Å². The second kappa shape index (κ2) is 3.59. The highest BCUT2D eigenvalue weighted by Gasteiger charge is 2.35. The number of benzene rings is 1. The number of hydrogen-bond acceptors (Lipinski definition) is 2. The molecule has 1 aromatic carbocycles. The van der Waals surface area contributed by atoms with Crippen molar-refractivity contribution in [3.8, 4) is 0 Å². The van der Waals surface area contributed by atoms with Crippen molar-refractivity contribution >= 4 is 9.84 Å². The third-order valence-electron chi connectivity index (χ3n) is 3.22. The lowest BCUT2D eigenvalue weighted by Gasteiger charge is -2.23. The fourth-order valence-electron chi connectivity index (χ4n) is 2.76. The van der Waals surface area contributed by atoms with Crippen LogP contribution in [0.2, 0.25) is 0 Å². The molecule has 2 nitrogen and oxygen atoms in total. The zero-order valence-electron chi connectivity index (χ0n) is 10.0. The molecule has 16 heavy (non-hydrogen) atoms. The second-order valence-corrected chi connectivity index (χ2v) is 7.52. The van der Waals surface area contributed by atoms with Crippen molar-refractivity contribution in [1.82, 2.24) is 0 Å². The minimum absolute atomic E-state index is 0.142. The molecule has 0 aliphatic carbocycles. The lowest BCUT2D eigenvalue weighted by Crippen LogP contribution is -2.22. The average molecular weight is 238 g/mol. The summed E-state index contributed by atoms with van der Waals surface area (Å²) < 4.78 is 24.5. The first-order valence-corrected chi connectivity index (χ1v) is 7.29. The van der Waals surface area contributed by atoms with Crippen LogP contribution < -0.4 is 0 Å². The molecule has 0 saturated carbocycles. The minimum atomic E-state index is -3.12. The van der Waals surface area contributed by atoms with Crippen molar-refractivity contribution in [3.63, 3.8) is 0 Å². The van der Waals surface area contributed by atoms with E-state index in [9.17, 15) is 8.42 Å². The van der Waals surface area contributed by atoms with Gasteiger partial charge in [0.15, 0.2) is 9.84 Å². The van der Waals surface area contributed by atoms with Gasteiger partial charge in [0.2, 0.25) is 0 Å². The van der Waals surface area contributed by atoms with Crippen molar-refractivity contribution in [2.24, 2.45) is 5.41 Å². The van der Waals surface area contributed by atoms with Crippen LogP contribution in [0.5, 0.6) is 0 Å². The molecule has 0 fully saturated rings. The van der Waals surface area contributed by atoms with Crippen LogP contribution in [0, 0.1) is 5.41 Å². The van der Waals surface area contributed by atoms with Crippen LogP contribution >= 0.6 is 0 Å². The standard InChI is InChI=1S/C13H18O2S/c1-10-8-13(2,3)9-16(14,15)12-7-5-4-6-11(10)12/h4-7,10H,8-9H2,1-3H3/t10-/m0/s1. The molecule has 1 aromatic rings. The molecule has 0 N–H and O–H groups in total. The highest BCUT2D eigenvalue weighted by molar-refractivity contribution is 7.91. The third-order valence-corrected chi connectivity index (χ3v) is 5.43. The van der Waals surface area contributed by atoms with E-state index in [0.29, 0.717) is 10.8 Å². The van der Waals surface area contributed by atoms with Crippen LogP contribution in [0.3, 0.4) is 0 Å². The summed E-state index contributed by atoms with van der Waals surface area (Å²) in [5.41, 5.74) is 0.838. The predicted molar refractivity (Wildman–Crippen MR) is 65.3 cm³/mol. The van der Waals surface area contributed by atoms with Gasteiger partial charge < -0.3 is 0 Å². The molecule has 0 unspecified atom stereocenters. The molecule has 88 valence electrons. The monoisotopic (exact) mass is 238 g/mol. The normalized spacial score (nSPS) is 26.8. The van der Waals surface area contributed by atoms with Crippen LogP contribution in [-0.2, 0) is 9.84 Å². The molecule has 1 heterocycles. The molecule has 0 bridgehead atoms. The van der Waals surface area contributed by atoms with Crippen molar-refractivity contribution in [1.29, 1.82) is 0 Å². The van der Waals surface area contributed by atoms with Gasteiger partial charge in [-0.05, 0) is 29.4 Å². The Labute approximate surface area is 97.6 Å². The van der Waals surface area contributed by atoms with E-state index < -0.39 is 9.84 Å². The molecule has 1 aliphatic rings. The van der Waals surface area contributed by atoms with Crippen molar-refractivity contribution in [3.05, 3.63) is 29.8 Å². The first-order valence-electron chi connectivity index (χ1n) is 5.63. The highest BCUT2D eigenvalue weighted by atomic mass is 32.2. The van der Waals surface area contributed by atoms with Crippen LogP contribution in [0.4, 0.5) is 0 Å². The van der Waals surface area contributed by atoms with E-state index >= 15 is 0 Å². The molecule has 0 aromatic heterocycles. The Morgan fingerprint density at radius 1 is 1.25 bits per heavy atom. The quantitative estimate of drug-likeness (QED) is 0.696. The fourth-order valence-corrected chi connectivity index (χ4v) is 4.98. The molecule has 2 rings (SSSR count). The molecular formula is C13H18O2S. The summed E-state index contributed by atoms with van der Waals surface area (Å²) in [6, 6.07) is 7.41. The van der Waals surface area contributed by atoms with Crippen molar-refractivity contribution in [2.45, 2.75) is 38.0 Å². The SMILES string of the molecule is C[C@H]1CC(C)(C)CS(=O)(=O)c2ccccc21. The van der Waals surface area contributed by atoms with Gasteiger partial charge in [-0.25, -0.2) is 8.42 Å². The molecule has 0 saturated heterocycles. The Morgan fingerprint density at radius 3 is 2.56 bits per heavy atom. The second-order valence-electron chi connectivity index (χ2n) is 5.57. The van der Waals surface area contributed by atoms with Gasteiger partial charge in [-0.15, -0.1) is 0 Å². The summed E-state index contributed by atoms with van der Waals surface area (Å²) in [4.78, 5) is 0.535. The van der Waals surface area contributed by atoms with E-state index in [-0.39, 0.29) is 11.2 Å². The summed E-state index contributed by atoms with van der Waals surface area (Å²) in [5, 5.41) is 0. The van der Waals surface area contributed by atoms with E-state index in [4.69, 9.17) is 0 Å². The Bertz CT molecular complexity index is 500. The van der Waals surface area contributed by atoms with E-state index in [1.807, 2.05) is 26.0 Å². The summed E-state index contributed by atoms with van der Waals surface area (Å²) in [6.07, 6.45) is 0.920. The first-order chi connectivity index (χ1) is 7.32. The van der Waals surface area contributed by atoms with Gasteiger partial charge in [-0.1, -0.05) is 39.0 Å². The van der Waals surface area contributed by atoms with Gasteiger partial charge in [-0.3, -0.25) is 0 Å². The number of hydrogen-bond donors (Lipinski definition) is 0. The summed E-state index contributed by atoms with van der Waals surface area (Å²) in [6.45, 7) is 6.18. The summed E-state index contributed by atoms with van der Waals surface area (Å²) in [5.74, 6) is 0.560. The Balaban J connectivity index is 2.65. The van der Waals surface area contributed by atoms with E-state index in [2.05, 4.69) is 6.92 Å². The minimum Gasteiger partial charge on any atom is -0.224 e. The Hall–Kier alpha value is -0.830. The zero-order valence-corrected chi connectivity index (χ0v) is 10.8. The van der Waals surface area contributed by atoms with Gasteiger partial charge in [0, 0.05) is 0 Å². The molecule has 1 atom stereocenters. The van der Waals surface area contributed by atoms with Crippen LogP contribution in [0.1, 0.15) is 38.7 Å². The average Bonchev–Trinajstić information content (AvgIpc) is 2.20. The molecular weight excluding hydrogens is 220 g/mol. The number of fused-ring (bicyclic) bond motifs is 1. The highest BCUT2D eigenvalue weighted by Crippen LogP contribution is 2.40.